The molecule has 18 nitrogen and oxygen atoms in total. The van der Waals surface area contributed by atoms with E-state index in [1.807, 2.05) is 27.7 Å². The van der Waals surface area contributed by atoms with E-state index in [1.54, 1.807) is 68.2 Å². The summed E-state index contributed by atoms with van der Waals surface area (Å²) in [4.78, 5) is 80.3. The first kappa shape index (κ1) is 75.5. The van der Waals surface area contributed by atoms with Gasteiger partial charge in [-0.15, -0.1) is 0 Å². The van der Waals surface area contributed by atoms with E-state index in [0.717, 1.165) is 77.0 Å². The number of halogens is 1. The largest absolute Gasteiger partial charge is 0.488 e. The number of allylic oxidation sites excluding steroid dienone is 2. The molecule has 8 N–H and O–H groups in total. The Morgan fingerprint density at radius 3 is 2.02 bits per heavy atom. The van der Waals surface area contributed by atoms with Gasteiger partial charge in [0.2, 0.25) is 11.8 Å². The third kappa shape index (κ3) is 33.2. The van der Waals surface area contributed by atoms with Crippen LogP contribution in [-0.4, -0.2) is 123 Å². The van der Waals surface area contributed by atoms with E-state index >= 15 is 0 Å². The van der Waals surface area contributed by atoms with Crippen LogP contribution in [0.3, 0.4) is 0 Å². The second kappa shape index (κ2) is 42.3. The predicted octanol–water partition coefficient (Wildman–Crippen LogP) is 7.66. The van der Waals surface area contributed by atoms with Crippen molar-refractivity contribution in [3.8, 4) is 5.75 Å². The number of aromatic nitrogens is 1. The number of nitrogens with two attached hydrogens (primary N) is 1. The topological polar surface area (TPSA) is 277 Å². The van der Waals surface area contributed by atoms with Crippen LogP contribution in [0.4, 0.5) is 3.89 Å². The molecule has 3 rings (SSSR count). The van der Waals surface area contributed by atoms with Crippen molar-refractivity contribution in [1.29, 1.82) is 0 Å². The molecule has 1 aliphatic rings. The highest BCUT2D eigenvalue weighted by Crippen LogP contribution is 2.21. The molecule has 81 heavy (non-hydrogen) atoms. The molecule has 0 bridgehead atoms. The number of Topliss-reactive ketones (excluding diaryl/α,β-unsaturated/α-hetero) is 2. The number of unbranched alkanes of at least 4 members (excludes halogenated alkanes) is 1. The summed E-state index contributed by atoms with van der Waals surface area (Å²) in [6, 6.07) is 7.20. The van der Waals surface area contributed by atoms with Gasteiger partial charge < -0.3 is 46.1 Å². The predicted molar refractivity (Wildman–Crippen MR) is 322 cm³/mol. The highest BCUT2D eigenvalue weighted by Gasteiger charge is 2.26. The van der Waals surface area contributed by atoms with Gasteiger partial charge in [-0.3, -0.25) is 33.8 Å². The van der Waals surface area contributed by atoms with Crippen molar-refractivity contribution >= 4 is 60.7 Å². The van der Waals surface area contributed by atoms with Gasteiger partial charge in [0.15, 0.2) is 5.78 Å². The van der Waals surface area contributed by atoms with Crippen LogP contribution in [0.15, 0.2) is 78.5 Å². The van der Waals surface area contributed by atoms with Gasteiger partial charge in [-0.25, -0.2) is 0 Å². The van der Waals surface area contributed by atoms with Crippen molar-refractivity contribution in [2.45, 2.75) is 184 Å². The van der Waals surface area contributed by atoms with Gasteiger partial charge in [-0.05, 0) is 132 Å². The molecule has 1 aromatic heterocycles. The molecule has 1 saturated heterocycles. The third-order valence-corrected chi connectivity index (χ3v) is 14.2. The minimum absolute atomic E-state index is 0.00601. The molecule has 1 fully saturated rings. The van der Waals surface area contributed by atoms with Gasteiger partial charge in [0.05, 0.1) is 24.3 Å². The van der Waals surface area contributed by atoms with Crippen LogP contribution < -0.4 is 31.2 Å². The number of nitrogens with one attached hydrogen (secondary N) is 4. The zero-order chi connectivity index (χ0) is 61.7. The van der Waals surface area contributed by atoms with Crippen LogP contribution in [0, 0.1) is 23.7 Å². The number of nitrogens with zero attached hydrogens (tertiary/aromatic N) is 2. The van der Waals surface area contributed by atoms with Crippen molar-refractivity contribution in [1.82, 2.24) is 31.2 Å². The van der Waals surface area contributed by atoms with Crippen LogP contribution in [0.1, 0.15) is 162 Å². The first-order valence-electron chi connectivity index (χ1n) is 28.5. The molecule has 0 saturated carbocycles. The van der Waals surface area contributed by atoms with Crippen molar-refractivity contribution in [2.24, 2.45) is 29.4 Å². The van der Waals surface area contributed by atoms with Gasteiger partial charge in [-0.2, -0.15) is 8.42 Å². The van der Waals surface area contributed by atoms with E-state index in [9.17, 15) is 41.1 Å². The molecule has 1 aliphatic heterocycles. The van der Waals surface area contributed by atoms with Crippen molar-refractivity contribution in [3.63, 3.8) is 0 Å². The van der Waals surface area contributed by atoms with E-state index in [-0.39, 0.29) is 59.3 Å². The molecule has 7 atom stereocenters. The number of rotatable bonds is 32. The molecule has 7 unspecified atom stereocenters. The van der Waals surface area contributed by atoms with Crippen molar-refractivity contribution in [3.05, 3.63) is 95.4 Å². The fraction of sp³-hybridized carbons (Fsp3) is 0.610. The smallest absolute Gasteiger partial charge is 0.455 e. The Bertz CT molecular complexity index is 2380. The SMILES string of the molecule is C=C/C=C(\C=C(\CNC(Cc1ccc(OS(=O)(=O)F)cc1)C(C)=O)C(C)CC)C(=O)NC(C)C(C)=O.CC(NC(=O)c1ccnc(CNC(=O)C(CCCCN)C(C)C)c1)C(=O)N1CCCC1.CCC(C)CCCC(C)[B]O.C[B]O. The Labute approximate surface area is 485 Å². The maximum atomic E-state index is 12.7. The average molecular weight is 1150 g/mol. The summed E-state index contributed by atoms with van der Waals surface area (Å²) in [5, 5.41) is 27.7. The fourth-order valence-corrected chi connectivity index (χ4v) is 8.42. The lowest BCUT2D eigenvalue weighted by atomic mass is 9.78. The normalized spacial score (nSPS) is 15.0. The quantitative estimate of drug-likeness (QED) is 0.0122. The van der Waals surface area contributed by atoms with Crippen LogP contribution in [0.2, 0.25) is 12.6 Å². The van der Waals surface area contributed by atoms with Gasteiger partial charge >= 0.3 is 10.5 Å². The van der Waals surface area contributed by atoms with Crippen molar-refractivity contribution < 1.29 is 55.3 Å². The summed E-state index contributed by atoms with van der Waals surface area (Å²) in [5.41, 5.74) is 8.52. The van der Waals surface area contributed by atoms with E-state index in [2.05, 4.69) is 57.8 Å². The number of carbonyl (C=O) groups is 6. The minimum Gasteiger partial charge on any atom is -0.455 e. The fourth-order valence-electron chi connectivity index (χ4n) is 8.08. The summed E-state index contributed by atoms with van der Waals surface area (Å²) in [6.07, 6.45) is 17.0. The molecule has 0 aliphatic carbocycles. The Morgan fingerprint density at radius 2 is 1.51 bits per heavy atom. The van der Waals surface area contributed by atoms with E-state index in [4.69, 9.17) is 15.8 Å². The first-order valence-corrected chi connectivity index (χ1v) is 29.8. The number of hydrogen-bond acceptors (Lipinski definition) is 14. The third-order valence-electron chi connectivity index (χ3n) is 13.8. The standard InChI is InChI=1S/C26H35FN2O6S.C23H37N5O3.C9H20BO.CH4BO/c1-7-9-22(26(32)29-18(4)19(5)30)15-23(17(3)8-2)16-28-25(20(6)31)14-21-10-12-24(13-11-21)35-36(27,33)34;1-16(2)20(8-4-5-10-24)22(30)26-15-19-14-18(9-11-25-19)21(29)27-17(3)23(31)28-12-6-7-13-28;1-4-8(2)6-5-7-9(3)10-11;1-2-3/h7,9-13,15,17-18,25,28H,1,8,14,16H2,2-6H3,(H,29,32);9,11,14,16-17,20H,4-8,10,12-13,15,24H2,1-3H3,(H,26,30)(H,27,29);8-9,11H,4-7H2,1-3H3;3H,1H3/b22-9+,23-15-;;;. The maximum absolute atomic E-state index is 12.7. The maximum Gasteiger partial charge on any atom is 0.488 e. The Kier molecular flexibility index (Phi) is 39.4. The van der Waals surface area contributed by atoms with E-state index in [0.29, 0.717) is 47.7 Å². The number of amides is 4. The van der Waals surface area contributed by atoms with Gasteiger partial charge in [0.25, 0.3) is 26.8 Å². The van der Waals surface area contributed by atoms with Gasteiger partial charge in [0, 0.05) is 42.9 Å². The molecule has 2 radical (unpaired) electrons. The Hall–Kier alpha value is -5.54. The molecule has 2 heterocycles. The number of pyridine rings is 1. The lowest BCUT2D eigenvalue weighted by Crippen LogP contribution is -2.46. The van der Waals surface area contributed by atoms with Gasteiger partial charge in [0.1, 0.15) is 17.6 Å². The highest BCUT2D eigenvalue weighted by molar-refractivity contribution is 7.81. The second-order valence-corrected chi connectivity index (χ2v) is 22.0. The summed E-state index contributed by atoms with van der Waals surface area (Å²) in [5.74, 6) is 0.244. The Balaban J connectivity index is 0.00000129. The van der Waals surface area contributed by atoms with E-state index in [1.165, 1.54) is 58.8 Å². The molecule has 4 amide bonds. The molecule has 1 aromatic carbocycles. The summed E-state index contributed by atoms with van der Waals surface area (Å²) in [7, 11) is -2.81. The molecular formula is C59H96B2FN7O11S. The summed E-state index contributed by atoms with van der Waals surface area (Å²) >= 11 is 0. The minimum atomic E-state index is -5.12. The number of benzene rings is 1. The molecule has 0 spiro atoms. The number of likely N-dealkylation sites (tertiary alicyclic amines) is 1. The number of ketones is 2. The summed E-state index contributed by atoms with van der Waals surface area (Å²) in [6.45, 7) is 28.8. The highest BCUT2D eigenvalue weighted by atomic mass is 32.3. The summed E-state index contributed by atoms with van der Waals surface area (Å²) < 4.78 is 38.1. The average Bonchev–Trinajstić information content (AvgIpc) is 3.98. The molecule has 2 aromatic rings. The lowest BCUT2D eigenvalue weighted by Gasteiger charge is -2.21. The van der Waals surface area contributed by atoms with Crippen LogP contribution in [0.5, 0.6) is 5.75 Å². The van der Waals surface area contributed by atoms with Crippen LogP contribution in [-0.2, 0) is 47.4 Å². The number of carbonyl (C=O) groups excluding carboxylic acids is 6. The number of hydrogen-bond donors (Lipinski definition) is 7. The zero-order valence-corrected chi connectivity index (χ0v) is 51.2. The molecule has 452 valence electrons. The molecular weight excluding hydrogens is 1060 g/mol. The monoisotopic (exact) mass is 1150 g/mol. The van der Waals surface area contributed by atoms with Crippen LogP contribution in [0.25, 0.3) is 0 Å². The van der Waals surface area contributed by atoms with Crippen molar-refractivity contribution in [2.75, 3.05) is 26.2 Å². The molecule has 22 heteroatoms. The Morgan fingerprint density at radius 1 is 0.877 bits per heavy atom. The zero-order valence-electron chi connectivity index (χ0n) is 50.4. The second-order valence-electron chi connectivity index (χ2n) is 21.0. The van der Waals surface area contributed by atoms with E-state index < -0.39 is 34.5 Å². The first-order chi connectivity index (χ1) is 38.2. The lowest BCUT2D eigenvalue weighted by molar-refractivity contribution is -0.131. The van der Waals surface area contributed by atoms with Gasteiger partial charge in [-0.1, -0.05) is 128 Å². The van der Waals surface area contributed by atoms with Crippen LogP contribution >= 0.6 is 0 Å².